The van der Waals surface area contributed by atoms with Crippen LogP contribution in [-0.4, -0.2) is 27.5 Å². The van der Waals surface area contributed by atoms with Crippen LogP contribution in [0.25, 0.3) is 0 Å². The van der Waals surface area contributed by atoms with Crippen LogP contribution in [0.15, 0.2) is 36.7 Å². The highest BCUT2D eigenvalue weighted by molar-refractivity contribution is 5.74. The second-order valence-corrected chi connectivity index (χ2v) is 5.54. The van der Waals surface area contributed by atoms with Gasteiger partial charge in [-0.05, 0) is 49.9 Å². The number of aldehydes is 1. The lowest BCUT2D eigenvalue weighted by atomic mass is 9.85. The molecule has 0 atom stereocenters. The quantitative estimate of drug-likeness (QED) is 0.878. The van der Waals surface area contributed by atoms with Gasteiger partial charge in [0.2, 0.25) is 5.88 Å². The summed E-state index contributed by atoms with van der Waals surface area (Å²) in [6, 6.07) is 6.89. The summed E-state index contributed by atoms with van der Waals surface area (Å²) < 4.78 is 5.84. The molecule has 22 heavy (non-hydrogen) atoms. The molecule has 2 aromatic rings. The molecule has 1 saturated carbocycles. The highest BCUT2D eigenvalue weighted by Gasteiger charge is 2.25. The van der Waals surface area contributed by atoms with Gasteiger partial charge in [0.15, 0.2) is 0 Å². The number of hydrogen-bond donors (Lipinski definition) is 1. The van der Waals surface area contributed by atoms with Crippen LogP contribution in [0.2, 0.25) is 0 Å². The van der Waals surface area contributed by atoms with Crippen LogP contribution in [0.5, 0.6) is 11.6 Å². The summed E-state index contributed by atoms with van der Waals surface area (Å²) in [6.07, 6.45) is 7.22. The van der Waals surface area contributed by atoms with Crippen molar-refractivity contribution in [2.24, 2.45) is 0 Å². The topological polar surface area (TPSA) is 72.3 Å². The Balaban J connectivity index is 1.79. The molecule has 3 rings (SSSR count). The van der Waals surface area contributed by atoms with E-state index in [0.717, 1.165) is 37.7 Å². The van der Waals surface area contributed by atoms with Gasteiger partial charge in [-0.15, -0.1) is 0 Å². The minimum atomic E-state index is -0.201. The van der Waals surface area contributed by atoms with Crippen molar-refractivity contribution in [2.75, 3.05) is 0 Å². The molecule has 1 aliphatic carbocycles. The number of nitrogens with zero attached hydrogens (tertiary/aromatic N) is 2. The Labute approximate surface area is 129 Å². The van der Waals surface area contributed by atoms with Gasteiger partial charge in [0, 0.05) is 23.9 Å². The summed E-state index contributed by atoms with van der Waals surface area (Å²) >= 11 is 0. The number of ether oxygens (including phenoxy) is 1. The van der Waals surface area contributed by atoms with Crippen LogP contribution in [-0.2, 0) is 0 Å². The monoisotopic (exact) mass is 298 g/mol. The maximum atomic E-state index is 10.7. The molecule has 0 saturated heterocycles. The average Bonchev–Trinajstić information content (AvgIpc) is 2.57. The van der Waals surface area contributed by atoms with Crippen molar-refractivity contribution in [2.45, 2.75) is 37.7 Å². The fourth-order valence-electron chi connectivity index (χ4n) is 2.77. The van der Waals surface area contributed by atoms with Crippen molar-refractivity contribution in [3.05, 3.63) is 47.9 Å². The molecule has 0 amide bonds. The standard InChI is InChI=1S/C17H18N2O3/c20-11-12-1-7-15(8-2-12)22-17-16(18-9-10-19-17)13-3-5-14(21)6-4-13/h1-2,7-11,13-14,21H,3-6H2. The van der Waals surface area contributed by atoms with E-state index < -0.39 is 0 Å². The van der Waals surface area contributed by atoms with Gasteiger partial charge in [0.1, 0.15) is 17.7 Å². The van der Waals surface area contributed by atoms with Crippen LogP contribution in [0.1, 0.15) is 47.7 Å². The number of hydrogen-bond acceptors (Lipinski definition) is 5. The predicted molar refractivity (Wildman–Crippen MR) is 81.2 cm³/mol. The Kier molecular flexibility index (Phi) is 4.44. The minimum absolute atomic E-state index is 0.201. The summed E-state index contributed by atoms with van der Waals surface area (Å²) in [5.74, 6) is 1.40. The fraction of sp³-hybridized carbons (Fsp3) is 0.353. The lowest BCUT2D eigenvalue weighted by Crippen LogP contribution is -2.18. The van der Waals surface area contributed by atoms with Gasteiger partial charge in [0.25, 0.3) is 0 Å². The smallest absolute Gasteiger partial charge is 0.241 e. The zero-order valence-electron chi connectivity index (χ0n) is 12.2. The predicted octanol–water partition coefficient (Wildman–Crippen LogP) is 3.10. The van der Waals surface area contributed by atoms with Gasteiger partial charge in [-0.3, -0.25) is 9.78 Å². The van der Waals surface area contributed by atoms with E-state index in [2.05, 4.69) is 9.97 Å². The van der Waals surface area contributed by atoms with Crippen molar-refractivity contribution >= 4 is 6.29 Å². The first-order chi connectivity index (χ1) is 10.8. The van der Waals surface area contributed by atoms with E-state index in [1.165, 1.54) is 0 Å². The maximum absolute atomic E-state index is 10.7. The highest BCUT2D eigenvalue weighted by atomic mass is 16.5. The largest absolute Gasteiger partial charge is 0.437 e. The van der Waals surface area contributed by atoms with E-state index >= 15 is 0 Å². The Morgan fingerprint density at radius 1 is 1.05 bits per heavy atom. The Morgan fingerprint density at radius 3 is 2.41 bits per heavy atom. The maximum Gasteiger partial charge on any atom is 0.241 e. The molecular weight excluding hydrogens is 280 g/mol. The molecule has 1 aromatic heterocycles. The van der Waals surface area contributed by atoms with Crippen LogP contribution >= 0.6 is 0 Å². The molecule has 5 heteroatoms. The van der Waals surface area contributed by atoms with E-state index in [0.29, 0.717) is 17.2 Å². The fourth-order valence-corrected chi connectivity index (χ4v) is 2.77. The molecule has 1 fully saturated rings. The molecular formula is C17H18N2O3. The van der Waals surface area contributed by atoms with Crippen molar-refractivity contribution in [3.63, 3.8) is 0 Å². The summed E-state index contributed by atoms with van der Waals surface area (Å²) in [5, 5.41) is 9.63. The van der Waals surface area contributed by atoms with E-state index in [4.69, 9.17) is 4.74 Å². The summed E-state index contributed by atoms with van der Waals surface area (Å²) in [7, 11) is 0. The van der Waals surface area contributed by atoms with Crippen LogP contribution in [0.3, 0.4) is 0 Å². The van der Waals surface area contributed by atoms with E-state index in [9.17, 15) is 9.90 Å². The normalized spacial score (nSPS) is 21.3. The van der Waals surface area contributed by atoms with Gasteiger partial charge in [-0.1, -0.05) is 0 Å². The SMILES string of the molecule is O=Cc1ccc(Oc2nccnc2C2CCC(O)CC2)cc1. The zero-order chi connectivity index (χ0) is 15.4. The molecule has 0 bridgehead atoms. The molecule has 0 spiro atoms. The lowest BCUT2D eigenvalue weighted by molar-refractivity contribution is 0.112. The van der Waals surface area contributed by atoms with Crippen LogP contribution < -0.4 is 4.74 Å². The first kappa shape index (κ1) is 14.7. The molecule has 0 aliphatic heterocycles. The number of carbonyl (C=O) groups is 1. The molecule has 5 nitrogen and oxygen atoms in total. The van der Waals surface area contributed by atoms with Gasteiger partial charge < -0.3 is 9.84 Å². The number of carbonyl (C=O) groups excluding carboxylic acids is 1. The molecule has 1 aromatic carbocycles. The number of aliphatic hydroxyl groups is 1. The van der Waals surface area contributed by atoms with Gasteiger partial charge in [0.05, 0.1) is 6.10 Å². The molecule has 1 heterocycles. The number of aromatic nitrogens is 2. The lowest BCUT2D eigenvalue weighted by Gasteiger charge is -2.25. The Bertz CT molecular complexity index is 635. The van der Waals surface area contributed by atoms with E-state index in [1.807, 2.05) is 0 Å². The molecule has 1 aliphatic rings. The molecule has 0 unspecified atom stereocenters. The molecule has 1 N–H and O–H groups in total. The third-order valence-electron chi connectivity index (χ3n) is 4.01. The summed E-state index contributed by atoms with van der Waals surface area (Å²) in [5.41, 5.74) is 1.45. The van der Waals surface area contributed by atoms with Crippen molar-refractivity contribution in [3.8, 4) is 11.6 Å². The third-order valence-corrected chi connectivity index (χ3v) is 4.01. The number of aliphatic hydroxyl groups excluding tert-OH is 1. The van der Waals surface area contributed by atoms with Crippen molar-refractivity contribution < 1.29 is 14.6 Å². The third kappa shape index (κ3) is 3.31. The van der Waals surface area contributed by atoms with Crippen molar-refractivity contribution in [1.82, 2.24) is 9.97 Å². The van der Waals surface area contributed by atoms with Crippen LogP contribution in [0, 0.1) is 0 Å². The second-order valence-electron chi connectivity index (χ2n) is 5.54. The van der Waals surface area contributed by atoms with Crippen molar-refractivity contribution in [1.29, 1.82) is 0 Å². The van der Waals surface area contributed by atoms with Crippen LogP contribution in [0.4, 0.5) is 0 Å². The van der Waals surface area contributed by atoms with Gasteiger partial charge >= 0.3 is 0 Å². The molecule has 114 valence electrons. The van der Waals surface area contributed by atoms with E-state index in [-0.39, 0.29) is 12.0 Å². The average molecular weight is 298 g/mol. The Morgan fingerprint density at radius 2 is 1.73 bits per heavy atom. The second kappa shape index (κ2) is 6.66. The first-order valence-electron chi connectivity index (χ1n) is 7.48. The Hall–Kier alpha value is -2.27. The summed E-state index contributed by atoms with van der Waals surface area (Å²) in [4.78, 5) is 19.4. The van der Waals surface area contributed by atoms with Gasteiger partial charge in [-0.2, -0.15) is 0 Å². The minimum Gasteiger partial charge on any atom is -0.437 e. The first-order valence-corrected chi connectivity index (χ1v) is 7.48. The summed E-state index contributed by atoms with van der Waals surface area (Å²) in [6.45, 7) is 0. The van der Waals surface area contributed by atoms with E-state index in [1.54, 1.807) is 36.7 Å². The molecule has 0 radical (unpaired) electrons. The highest BCUT2D eigenvalue weighted by Crippen LogP contribution is 2.36. The number of benzene rings is 1. The van der Waals surface area contributed by atoms with Gasteiger partial charge in [-0.25, -0.2) is 4.98 Å². The zero-order valence-corrected chi connectivity index (χ0v) is 12.2. The number of rotatable bonds is 4.